The van der Waals surface area contributed by atoms with Crippen molar-refractivity contribution in [2.45, 2.75) is 25.0 Å². The number of nitrogens with zero attached hydrogens (tertiary/aromatic N) is 1. The average molecular weight is 441 g/mol. The summed E-state index contributed by atoms with van der Waals surface area (Å²) in [5, 5.41) is 14.5. The molecular weight excluding hydrogens is 417 g/mol. The number of carbonyl (C=O) groups excluding carboxylic acids is 3. The van der Waals surface area contributed by atoms with Gasteiger partial charge in [0.15, 0.2) is 0 Å². The van der Waals surface area contributed by atoms with Crippen molar-refractivity contribution in [2.24, 2.45) is 5.92 Å². The number of fused-ring (bicyclic) bond motifs is 1. The van der Waals surface area contributed by atoms with Crippen LogP contribution in [0.4, 0.5) is 4.39 Å². The van der Waals surface area contributed by atoms with Gasteiger partial charge in [0.05, 0.1) is 25.1 Å². The lowest BCUT2D eigenvalue weighted by molar-refractivity contribution is -0.145. The van der Waals surface area contributed by atoms with Gasteiger partial charge >= 0.3 is 0 Å². The summed E-state index contributed by atoms with van der Waals surface area (Å²) in [4.78, 5) is 39.8. The molecule has 168 valence electrons. The second kappa shape index (κ2) is 9.35. The minimum Gasteiger partial charge on any atom is -0.491 e. The monoisotopic (exact) mass is 441 g/mol. The normalized spacial score (nSPS) is 22.3. The molecule has 2 heterocycles. The molecule has 0 aromatic heterocycles. The molecule has 2 saturated heterocycles. The molecule has 3 N–H and O–H groups in total. The molecule has 0 aliphatic carbocycles. The summed E-state index contributed by atoms with van der Waals surface area (Å²) in [6, 6.07) is 11.4. The maximum atomic E-state index is 13.2. The molecule has 0 spiro atoms. The minimum atomic E-state index is -0.732. The van der Waals surface area contributed by atoms with Gasteiger partial charge in [-0.05, 0) is 41.8 Å². The predicted molar refractivity (Wildman–Crippen MR) is 112 cm³/mol. The molecule has 0 bridgehead atoms. The smallest absolute Gasteiger partial charge is 0.243 e. The number of rotatable bonds is 7. The second-order valence-corrected chi connectivity index (χ2v) is 7.81. The summed E-state index contributed by atoms with van der Waals surface area (Å²) in [7, 11) is 0. The van der Waals surface area contributed by atoms with Crippen molar-refractivity contribution in [3.63, 3.8) is 0 Å². The Hall–Kier alpha value is -3.46. The quantitative estimate of drug-likeness (QED) is 0.592. The van der Waals surface area contributed by atoms with Gasteiger partial charge in [0, 0.05) is 6.54 Å². The van der Waals surface area contributed by atoms with Crippen LogP contribution in [0.25, 0.3) is 0 Å². The Morgan fingerprint density at radius 3 is 2.75 bits per heavy atom. The van der Waals surface area contributed by atoms with Crippen LogP contribution in [0.2, 0.25) is 0 Å². The van der Waals surface area contributed by atoms with Crippen molar-refractivity contribution < 1.29 is 28.6 Å². The van der Waals surface area contributed by atoms with Crippen LogP contribution in [0.1, 0.15) is 23.6 Å². The van der Waals surface area contributed by atoms with Gasteiger partial charge < -0.3 is 25.4 Å². The van der Waals surface area contributed by atoms with Crippen molar-refractivity contribution in [3.05, 3.63) is 65.5 Å². The van der Waals surface area contributed by atoms with Gasteiger partial charge in [-0.15, -0.1) is 0 Å². The van der Waals surface area contributed by atoms with Crippen LogP contribution in [0.3, 0.4) is 0 Å². The zero-order chi connectivity index (χ0) is 22.7. The van der Waals surface area contributed by atoms with E-state index >= 15 is 0 Å². The zero-order valence-electron chi connectivity index (χ0n) is 17.3. The van der Waals surface area contributed by atoms with E-state index in [9.17, 15) is 18.8 Å². The summed E-state index contributed by atoms with van der Waals surface area (Å²) < 4.78 is 18.6. The fraction of sp³-hybridized carbons (Fsp3) is 0.348. The largest absolute Gasteiger partial charge is 0.491 e. The van der Waals surface area contributed by atoms with E-state index in [1.165, 1.54) is 17.0 Å². The molecule has 2 aliphatic rings. The lowest BCUT2D eigenvalue weighted by atomic mass is 9.92. The molecule has 9 heteroatoms. The van der Waals surface area contributed by atoms with E-state index in [1.807, 2.05) is 0 Å². The fourth-order valence-corrected chi connectivity index (χ4v) is 4.32. The number of aliphatic hydroxyl groups excluding tert-OH is 1. The van der Waals surface area contributed by atoms with Crippen molar-refractivity contribution in [3.8, 4) is 5.75 Å². The first-order chi connectivity index (χ1) is 15.5. The van der Waals surface area contributed by atoms with Gasteiger partial charge in [-0.1, -0.05) is 24.3 Å². The molecule has 2 fully saturated rings. The number of ether oxygens (including phenoxy) is 1. The van der Waals surface area contributed by atoms with Crippen molar-refractivity contribution >= 4 is 17.7 Å². The molecule has 3 atom stereocenters. The molecule has 4 rings (SSSR count). The number of halogens is 1. The number of piperazine rings is 1. The number of hydrogen-bond donors (Lipinski definition) is 3. The van der Waals surface area contributed by atoms with E-state index in [0.717, 1.165) is 5.56 Å². The SMILES string of the molecule is O=C1NCC(=O)N2[C@@H]1C[C@@H](C(=O)NCc1ccc(F)cc1)[C@H]2c1cccc(OCCO)c1. The Bertz CT molecular complexity index is 1010. The van der Waals surface area contributed by atoms with E-state index < -0.39 is 18.0 Å². The van der Waals surface area contributed by atoms with Crippen LogP contribution in [0.15, 0.2) is 48.5 Å². The molecule has 8 nitrogen and oxygen atoms in total. The van der Waals surface area contributed by atoms with Gasteiger partial charge in [-0.25, -0.2) is 4.39 Å². The first-order valence-electron chi connectivity index (χ1n) is 10.4. The summed E-state index contributed by atoms with van der Waals surface area (Å²) in [6.45, 7) is 0.0571. The molecule has 2 aromatic rings. The van der Waals surface area contributed by atoms with Gasteiger partial charge in [0.2, 0.25) is 17.7 Å². The van der Waals surface area contributed by atoms with Crippen LogP contribution < -0.4 is 15.4 Å². The molecule has 3 amide bonds. The third kappa shape index (κ3) is 4.43. The van der Waals surface area contributed by atoms with Crippen molar-refractivity contribution in [1.29, 1.82) is 0 Å². The van der Waals surface area contributed by atoms with Crippen LogP contribution in [0.5, 0.6) is 5.75 Å². The van der Waals surface area contributed by atoms with E-state index in [0.29, 0.717) is 11.3 Å². The molecule has 2 aliphatic heterocycles. The van der Waals surface area contributed by atoms with Crippen molar-refractivity contribution in [2.75, 3.05) is 19.8 Å². The molecule has 0 saturated carbocycles. The number of aliphatic hydroxyl groups is 1. The maximum absolute atomic E-state index is 13.2. The zero-order valence-corrected chi connectivity index (χ0v) is 17.3. The highest BCUT2D eigenvalue weighted by Crippen LogP contribution is 2.43. The van der Waals surface area contributed by atoms with E-state index in [1.54, 1.807) is 36.4 Å². The molecule has 32 heavy (non-hydrogen) atoms. The second-order valence-electron chi connectivity index (χ2n) is 7.81. The lowest BCUT2D eigenvalue weighted by Crippen LogP contribution is -2.56. The highest BCUT2D eigenvalue weighted by Gasteiger charge is 2.52. The van der Waals surface area contributed by atoms with Crippen molar-refractivity contribution in [1.82, 2.24) is 15.5 Å². The Morgan fingerprint density at radius 2 is 2.00 bits per heavy atom. The van der Waals surface area contributed by atoms with E-state index in [-0.39, 0.29) is 56.3 Å². The van der Waals surface area contributed by atoms with Gasteiger partial charge in [-0.2, -0.15) is 0 Å². The van der Waals surface area contributed by atoms with E-state index in [2.05, 4.69) is 10.6 Å². The van der Waals surface area contributed by atoms with Gasteiger partial charge in [0.25, 0.3) is 0 Å². The summed E-state index contributed by atoms with van der Waals surface area (Å²) in [6.07, 6.45) is 0.194. The Labute approximate surface area is 184 Å². The summed E-state index contributed by atoms with van der Waals surface area (Å²) >= 11 is 0. The first-order valence-corrected chi connectivity index (χ1v) is 10.4. The third-order valence-electron chi connectivity index (χ3n) is 5.77. The van der Waals surface area contributed by atoms with E-state index in [4.69, 9.17) is 9.84 Å². The molecular formula is C23H24FN3O5. The fourth-order valence-electron chi connectivity index (χ4n) is 4.32. The van der Waals surface area contributed by atoms with Gasteiger partial charge in [0.1, 0.15) is 24.2 Å². The Kier molecular flexibility index (Phi) is 6.36. The molecule has 0 unspecified atom stereocenters. The van der Waals surface area contributed by atoms with Crippen LogP contribution in [-0.4, -0.2) is 53.5 Å². The number of benzene rings is 2. The topological polar surface area (TPSA) is 108 Å². The Morgan fingerprint density at radius 1 is 1.22 bits per heavy atom. The molecule has 0 radical (unpaired) electrons. The highest BCUT2D eigenvalue weighted by atomic mass is 19.1. The third-order valence-corrected chi connectivity index (χ3v) is 5.77. The number of amides is 3. The predicted octanol–water partition coefficient (Wildman–Crippen LogP) is 0.901. The highest BCUT2D eigenvalue weighted by molar-refractivity contribution is 5.97. The van der Waals surface area contributed by atoms with Gasteiger partial charge in [-0.3, -0.25) is 14.4 Å². The Balaban J connectivity index is 1.60. The standard InChI is InChI=1S/C23H24FN3O5/c24-16-6-4-14(5-7-16)12-25-22(30)18-11-19-23(31)26-13-20(29)27(19)21(18)15-2-1-3-17(10-15)32-9-8-28/h1-7,10,18-19,21,28H,8-9,11-13H2,(H,25,30)(H,26,31)/t18-,19-,21-/m1/s1. The summed E-state index contributed by atoms with van der Waals surface area (Å²) in [5.41, 5.74) is 1.41. The number of hydrogen-bond acceptors (Lipinski definition) is 5. The lowest BCUT2D eigenvalue weighted by Gasteiger charge is -2.34. The number of nitrogens with one attached hydrogen (secondary N) is 2. The van der Waals surface area contributed by atoms with Crippen LogP contribution >= 0.6 is 0 Å². The average Bonchev–Trinajstić information content (AvgIpc) is 3.22. The minimum absolute atomic E-state index is 0.114. The maximum Gasteiger partial charge on any atom is 0.243 e. The first kappa shape index (κ1) is 21.8. The summed E-state index contributed by atoms with van der Waals surface area (Å²) in [5.74, 6) is -1.34. The number of carbonyl (C=O) groups is 3. The van der Waals surface area contributed by atoms with Crippen LogP contribution in [0, 0.1) is 11.7 Å². The molecule has 2 aromatic carbocycles. The van der Waals surface area contributed by atoms with Crippen LogP contribution in [-0.2, 0) is 20.9 Å².